The second-order valence-electron chi connectivity index (χ2n) is 9.43. The minimum atomic E-state index is -1.29. The number of aliphatic hydroxyl groups is 1. The molecule has 3 saturated heterocycles. The number of β-amino-alcohol motifs (C(OH)–C–C–N with tert-alkyl or cyclic N) is 1. The van der Waals surface area contributed by atoms with Gasteiger partial charge in [-0.2, -0.15) is 0 Å². The number of ether oxygens (including phenoxy) is 3. The van der Waals surface area contributed by atoms with Crippen molar-refractivity contribution in [2.45, 2.75) is 24.2 Å². The first-order valence-corrected chi connectivity index (χ1v) is 11.6. The van der Waals surface area contributed by atoms with Gasteiger partial charge in [-0.25, -0.2) is 0 Å². The van der Waals surface area contributed by atoms with Crippen LogP contribution in [-0.2, 0) is 28.6 Å². The van der Waals surface area contributed by atoms with Gasteiger partial charge in [-0.15, -0.1) is 0 Å². The molecule has 0 aromatic heterocycles. The van der Waals surface area contributed by atoms with Gasteiger partial charge in [0.05, 0.1) is 31.3 Å². The van der Waals surface area contributed by atoms with E-state index in [0.29, 0.717) is 32.8 Å². The molecule has 5 atom stereocenters. The van der Waals surface area contributed by atoms with Crippen molar-refractivity contribution in [2.75, 3.05) is 65.7 Å². The zero-order chi connectivity index (χ0) is 23.2. The van der Waals surface area contributed by atoms with E-state index in [1.54, 1.807) is 30.1 Å². The molecule has 2 amide bonds. The number of hydrogen-bond donors (Lipinski definition) is 1. The quantitative estimate of drug-likeness (QED) is 0.402. The average molecular weight is 462 g/mol. The lowest BCUT2D eigenvalue weighted by molar-refractivity contribution is -0.158. The fourth-order valence-electron chi connectivity index (χ4n) is 6.04. The SMILES string of the molecule is C[C@@]12C=CCOC(=O)[C@@H]1[C@H]1C(=O)N(CCO)C3C(=O)N(CCN4CCOCC4)CC=C[C@@]31O2. The van der Waals surface area contributed by atoms with Gasteiger partial charge in [0, 0.05) is 39.3 Å². The minimum absolute atomic E-state index is 0.00366. The lowest BCUT2D eigenvalue weighted by Crippen LogP contribution is -2.57. The number of carbonyl (C=O) groups is 3. The van der Waals surface area contributed by atoms with Crippen LogP contribution in [0.2, 0.25) is 0 Å². The molecule has 1 N–H and O–H groups in total. The van der Waals surface area contributed by atoms with Crippen LogP contribution in [0.5, 0.6) is 0 Å². The van der Waals surface area contributed by atoms with Gasteiger partial charge in [0.25, 0.3) is 0 Å². The summed E-state index contributed by atoms with van der Waals surface area (Å²) in [4.78, 5) is 45.8. The second kappa shape index (κ2) is 8.50. The summed E-state index contributed by atoms with van der Waals surface area (Å²) in [6.07, 6.45) is 7.15. The molecule has 180 valence electrons. The standard InChI is InChI=1S/C23H31N3O7/c1-22-4-3-13-32-21(30)17(22)16-19(28)26(9-12-27)18-20(29)25(6-2-5-23(16,18)33-22)8-7-24-10-14-31-15-11-24/h2-5,16-18,27H,6-15H2,1H3/t16-,17-,18?,22+,23-/m0/s1. The second-order valence-corrected chi connectivity index (χ2v) is 9.43. The number of nitrogens with zero attached hydrogens (tertiary/aromatic N) is 3. The highest BCUT2D eigenvalue weighted by atomic mass is 16.6. The number of hydrogen-bond acceptors (Lipinski definition) is 8. The molecule has 10 heteroatoms. The third kappa shape index (κ3) is 3.51. The van der Waals surface area contributed by atoms with Crippen molar-refractivity contribution >= 4 is 17.8 Å². The predicted octanol–water partition coefficient (Wildman–Crippen LogP) is -1.21. The van der Waals surface area contributed by atoms with E-state index in [1.807, 2.05) is 6.08 Å². The van der Waals surface area contributed by atoms with Gasteiger partial charge in [0.1, 0.15) is 24.2 Å². The van der Waals surface area contributed by atoms with Crippen molar-refractivity contribution in [3.05, 3.63) is 24.3 Å². The van der Waals surface area contributed by atoms with Crippen LogP contribution in [0.4, 0.5) is 0 Å². The van der Waals surface area contributed by atoms with Crippen molar-refractivity contribution in [1.29, 1.82) is 0 Å². The van der Waals surface area contributed by atoms with Gasteiger partial charge in [-0.1, -0.05) is 18.2 Å². The Hall–Kier alpha value is -2.27. The number of carbonyl (C=O) groups excluding carboxylic acids is 3. The van der Waals surface area contributed by atoms with Gasteiger partial charge in [0.2, 0.25) is 11.8 Å². The predicted molar refractivity (Wildman–Crippen MR) is 115 cm³/mol. The Morgan fingerprint density at radius 3 is 2.58 bits per heavy atom. The summed E-state index contributed by atoms with van der Waals surface area (Å²) in [7, 11) is 0. The van der Waals surface area contributed by atoms with Gasteiger partial charge in [-0.05, 0) is 13.0 Å². The highest BCUT2D eigenvalue weighted by Crippen LogP contribution is 2.57. The maximum absolute atomic E-state index is 13.9. The molecule has 0 saturated carbocycles. The lowest BCUT2D eigenvalue weighted by atomic mass is 9.75. The third-order valence-corrected chi connectivity index (χ3v) is 7.53. The number of fused-ring (bicyclic) bond motifs is 2. The Bertz CT molecular complexity index is 885. The van der Waals surface area contributed by atoms with Crippen LogP contribution in [0.1, 0.15) is 6.92 Å². The maximum atomic E-state index is 13.9. The van der Waals surface area contributed by atoms with Crippen LogP contribution >= 0.6 is 0 Å². The zero-order valence-corrected chi connectivity index (χ0v) is 18.9. The Morgan fingerprint density at radius 1 is 1.03 bits per heavy atom. The van der Waals surface area contributed by atoms with Crippen LogP contribution in [0.15, 0.2) is 24.3 Å². The molecule has 0 aromatic carbocycles. The minimum Gasteiger partial charge on any atom is -0.461 e. The van der Waals surface area contributed by atoms with E-state index < -0.39 is 35.0 Å². The summed E-state index contributed by atoms with van der Waals surface area (Å²) in [6.45, 7) is 6.19. The highest BCUT2D eigenvalue weighted by molar-refractivity contribution is 5.99. The molecule has 0 aliphatic carbocycles. The first-order valence-electron chi connectivity index (χ1n) is 11.6. The number of cyclic esters (lactones) is 1. The normalized spacial score (nSPS) is 38.6. The van der Waals surface area contributed by atoms with Crippen LogP contribution < -0.4 is 0 Å². The Balaban J connectivity index is 1.48. The van der Waals surface area contributed by atoms with Crippen molar-refractivity contribution in [3.63, 3.8) is 0 Å². The fraction of sp³-hybridized carbons (Fsp3) is 0.696. The molecule has 5 aliphatic heterocycles. The Labute approximate surface area is 192 Å². The van der Waals surface area contributed by atoms with Gasteiger partial charge in [-0.3, -0.25) is 19.3 Å². The number of aliphatic hydroxyl groups excluding tert-OH is 1. The van der Waals surface area contributed by atoms with Crippen LogP contribution in [0.3, 0.4) is 0 Å². The van der Waals surface area contributed by atoms with Gasteiger partial charge >= 0.3 is 5.97 Å². The monoisotopic (exact) mass is 461 g/mol. The van der Waals surface area contributed by atoms with Crippen LogP contribution in [-0.4, -0.2) is 121 Å². The molecule has 5 heterocycles. The molecule has 0 bridgehead atoms. The van der Waals surface area contributed by atoms with E-state index in [9.17, 15) is 19.5 Å². The average Bonchev–Trinajstić information content (AvgIpc) is 3.05. The van der Waals surface area contributed by atoms with E-state index in [-0.39, 0.29) is 31.6 Å². The van der Waals surface area contributed by atoms with E-state index in [1.165, 1.54) is 4.90 Å². The number of likely N-dealkylation sites (tertiary alicyclic amines) is 1. The molecule has 10 nitrogen and oxygen atoms in total. The summed E-state index contributed by atoms with van der Waals surface area (Å²) in [5, 5.41) is 9.67. The summed E-state index contributed by atoms with van der Waals surface area (Å²) < 4.78 is 17.3. The molecule has 3 fully saturated rings. The van der Waals surface area contributed by atoms with Crippen LogP contribution in [0.25, 0.3) is 0 Å². The Kier molecular flexibility index (Phi) is 5.80. The molecule has 0 radical (unpaired) electrons. The van der Waals surface area contributed by atoms with Crippen molar-refractivity contribution in [1.82, 2.24) is 14.7 Å². The molecule has 5 aliphatic rings. The first-order chi connectivity index (χ1) is 15.9. The zero-order valence-electron chi connectivity index (χ0n) is 18.9. The summed E-state index contributed by atoms with van der Waals surface area (Å²) in [5.74, 6) is -2.85. The highest BCUT2D eigenvalue weighted by Gasteiger charge is 2.74. The maximum Gasteiger partial charge on any atom is 0.313 e. The fourth-order valence-corrected chi connectivity index (χ4v) is 6.04. The summed E-state index contributed by atoms with van der Waals surface area (Å²) in [6, 6.07) is -0.949. The van der Waals surface area contributed by atoms with E-state index >= 15 is 0 Å². The molecule has 0 aromatic rings. The smallest absolute Gasteiger partial charge is 0.313 e. The Morgan fingerprint density at radius 2 is 1.82 bits per heavy atom. The molecule has 33 heavy (non-hydrogen) atoms. The topological polar surface area (TPSA) is 109 Å². The molecule has 1 spiro atoms. The van der Waals surface area contributed by atoms with E-state index in [4.69, 9.17) is 14.2 Å². The third-order valence-electron chi connectivity index (χ3n) is 7.53. The summed E-state index contributed by atoms with van der Waals surface area (Å²) in [5.41, 5.74) is -2.36. The number of rotatable bonds is 5. The largest absolute Gasteiger partial charge is 0.461 e. The molecule has 5 rings (SSSR count). The van der Waals surface area contributed by atoms with Gasteiger partial charge in [0.15, 0.2) is 0 Å². The molecular formula is C23H31N3O7. The lowest BCUT2D eigenvalue weighted by Gasteiger charge is -2.37. The van der Waals surface area contributed by atoms with Crippen molar-refractivity contribution < 1.29 is 33.7 Å². The van der Waals surface area contributed by atoms with Gasteiger partial charge < -0.3 is 29.1 Å². The van der Waals surface area contributed by atoms with E-state index in [0.717, 1.165) is 13.1 Å². The number of amides is 2. The van der Waals surface area contributed by atoms with Crippen molar-refractivity contribution in [2.24, 2.45) is 11.8 Å². The molecular weight excluding hydrogens is 430 g/mol. The van der Waals surface area contributed by atoms with E-state index in [2.05, 4.69) is 4.90 Å². The number of esters is 1. The van der Waals surface area contributed by atoms with Crippen LogP contribution in [0, 0.1) is 11.8 Å². The van der Waals surface area contributed by atoms with Crippen molar-refractivity contribution in [3.8, 4) is 0 Å². The molecule has 1 unspecified atom stereocenters. The first kappa shape index (κ1) is 22.5. The number of morpholine rings is 1. The summed E-state index contributed by atoms with van der Waals surface area (Å²) >= 11 is 0.